The number of rotatable bonds is 6. The maximum atomic E-state index is 13.8. The second-order valence-electron chi connectivity index (χ2n) is 6.94. The van der Waals surface area contributed by atoms with Crippen molar-refractivity contribution in [1.29, 1.82) is 0 Å². The summed E-state index contributed by atoms with van der Waals surface area (Å²) in [5.41, 5.74) is 0.939. The van der Waals surface area contributed by atoms with Gasteiger partial charge < -0.3 is 9.47 Å². The van der Waals surface area contributed by atoms with Crippen LogP contribution in [0.15, 0.2) is 77.9 Å². The summed E-state index contributed by atoms with van der Waals surface area (Å²) in [5.74, 6) is -1.28. The monoisotopic (exact) mass is 493 g/mol. The molecular weight excluding hydrogens is 480 g/mol. The number of fused-ring (bicyclic) bond motifs is 1. The Balaban J connectivity index is 1.84. The lowest BCUT2D eigenvalue weighted by molar-refractivity contribution is -0.274. The van der Waals surface area contributed by atoms with Crippen LogP contribution in [0.2, 0.25) is 0 Å². The number of alkyl halides is 5. The molecule has 35 heavy (non-hydrogen) atoms. The van der Waals surface area contributed by atoms with Gasteiger partial charge in [0.25, 0.3) is 0 Å². The second-order valence-corrected chi connectivity index (χ2v) is 6.94. The largest absolute Gasteiger partial charge is 0.573 e. The van der Waals surface area contributed by atoms with Crippen LogP contribution in [0.25, 0.3) is 16.9 Å². The van der Waals surface area contributed by atoms with Crippen molar-refractivity contribution in [3.8, 4) is 17.0 Å². The van der Waals surface area contributed by atoms with Crippen molar-refractivity contribution in [2.45, 2.75) is 13.0 Å². The maximum absolute atomic E-state index is 13.8. The van der Waals surface area contributed by atoms with Gasteiger partial charge in [-0.1, -0.05) is 30.3 Å². The number of pyridine rings is 1. The second kappa shape index (κ2) is 9.49. The lowest BCUT2D eigenvalue weighted by atomic mass is 10.1. The van der Waals surface area contributed by atoms with E-state index in [1.165, 1.54) is 34.9 Å². The van der Waals surface area contributed by atoms with Gasteiger partial charge in [-0.3, -0.25) is 9.20 Å². The Morgan fingerprint density at radius 2 is 1.63 bits per heavy atom. The predicted octanol–water partition coefficient (Wildman–Crippen LogP) is 6.33. The molecule has 0 fully saturated rings. The number of halogens is 6. The molecule has 2 heterocycles. The van der Waals surface area contributed by atoms with Crippen LogP contribution in [-0.4, -0.2) is 34.3 Å². The predicted molar refractivity (Wildman–Crippen MR) is 112 cm³/mol. The van der Waals surface area contributed by atoms with Gasteiger partial charge >= 0.3 is 19.1 Å². The van der Waals surface area contributed by atoms with Crippen molar-refractivity contribution < 1.29 is 40.6 Å². The summed E-state index contributed by atoms with van der Waals surface area (Å²) in [4.78, 5) is 20.3. The molecule has 0 radical (unpaired) electrons. The molecule has 6 nitrogen and oxygen atoms in total. The Morgan fingerprint density at radius 3 is 2.26 bits per heavy atom. The van der Waals surface area contributed by atoms with Crippen LogP contribution in [0.3, 0.4) is 0 Å². The molecule has 0 aliphatic heterocycles. The summed E-state index contributed by atoms with van der Waals surface area (Å²) in [7, 11) is 0. The third-order valence-electron chi connectivity index (χ3n) is 4.64. The van der Waals surface area contributed by atoms with E-state index in [0.29, 0.717) is 5.56 Å². The molecule has 4 aromatic rings. The Kier molecular flexibility index (Phi) is 6.45. The number of carbonyl (C=O) groups is 1. The first-order valence-corrected chi connectivity index (χ1v) is 9.78. The van der Waals surface area contributed by atoms with Crippen LogP contribution < -0.4 is 4.74 Å². The fourth-order valence-corrected chi connectivity index (χ4v) is 3.27. The highest BCUT2D eigenvalue weighted by Gasteiger charge is 2.31. The summed E-state index contributed by atoms with van der Waals surface area (Å²) >= 11 is 0. The van der Waals surface area contributed by atoms with Crippen molar-refractivity contribution in [2.75, 3.05) is 0 Å². The molecule has 2 aromatic heterocycles. The minimum Gasteiger partial charge on any atom is -0.406 e. The van der Waals surface area contributed by atoms with E-state index in [0.717, 1.165) is 12.1 Å². The first kappa shape index (κ1) is 23.8. The summed E-state index contributed by atoms with van der Waals surface area (Å²) < 4.78 is 84.9. The zero-order chi connectivity index (χ0) is 25.2. The SMILES string of the molecule is O=C(c1ccccc1)c1ccc2nc(/N=C(/F)OC(F)F)c(-c3ccc(OC(F)(F)F)cc3)n2c1. The van der Waals surface area contributed by atoms with Gasteiger partial charge in [0.15, 0.2) is 11.6 Å². The van der Waals surface area contributed by atoms with Gasteiger partial charge in [-0.2, -0.15) is 13.8 Å². The Morgan fingerprint density at radius 1 is 0.943 bits per heavy atom. The lowest BCUT2D eigenvalue weighted by Crippen LogP contribution is -2.16. The van der Waals surface area contributed by atoms with Gasteiger partial charge in [0.1, 0.15) is 11.4 Å². The molecule has 180 valence electrons. The zero-order valence-corrected chi connectivity index (χ0v) is 17.3. The number of hydrogen-bond donors (Lipinski definition) is 0. The van der Waals surface area contributed by atoms with Gasteiger partial charge in [0.2, 0.25) is 0 Å². The number of hydrogen-bond acceptors (Lipinski definition) is 5. The van der Waals surface area contributed by atoms with E-state index in [1.54, 1.807) is 30.3 Å². The maximum Gasteiger partial charge on any atom is 0.573 e. The summed E-state index contributed by atoms with van der Waals surface area (Å²) in [5, 5.41) is 0. The van der Waals surface area contributed by atoms with E-state index in [9.17, 15) is 31.1 Å². The number of aromatic nitrogens is 2. The third kappa shape index (κ3) is 5.60. The van der Waals surface area contributed by atoms with E-state index in [4.69, 9.17) is 0 Å². The number of benzene rings is 2. The average Bonchev–Trinajstić information content (AvgIpc) is 3.15. The fourth-order valence-electron chi connectivity index (χ4n) is 3.27. The van der Waals surface area contributed by atoms with Crippen LogP contribution in [0, 0.1) is 0 Å². The van der Waals surface area contributed by atoms with Crippen LogP contribution in [0.1, 0.15) is 15.9 Å². The van der Waals surface area contributed by atoms with E-state index in [2.05, 4.69) is 19.5 Å². The quantitative estimate of drug-likeness (QED) is 0.136. The topological polar surface area (TPSA) is 65.2 Å². The number of aliphatic imine (C=N–C) groups is 1. The molecule has 4 rings (SSSR count). The number of nitrogens with zero attached hydrogens (tertiary/aromatic N) is 3. The summed E-state index contributed by atoms with van der Waals surface area (Å²) in [6, 6.07) is 15.6. The van der Waals surface area contributed by atoms with E-state index < -0.39 is 30.7 Å². The van der Waals surface area contributed by atoms with Gasteiger partial charge in [-0.05, 0) is 36.4 Å². The average molecular weight is 493 g/mol. The summed E-state index contributed by atoms with van der Waals surface area (Å²) in [6.45, 7) is -3.48. The summed E-state index contributed by atoms with van der Waals surface area (Å²) in [6.07, 6.45) is -5.41. The number of imidazole rings is 1. The lowest BCUT2D eigenvalue weighted by Gasteiger charge is -2.10. The Labute approximate surface area is 193 Å². The minimum atomic E-state index is -4.91. The fraction of sp³-hybridized carbons (Fsp3) is 0.0870. The van der Waals surface area contributed by atoms with Crippen molar-refractivity contribution in [3.05, 3.63) is 84.1 Å². The highest BCUT2D eigenvalue weighted by molar-refractivity contribution is 6.09. The van der Waals surface area contributed by atoms with E-state index in [1.807, 2.05) is 0 Å². The van der Waals surface area contributed by atoms with Crippen molar-refractivity contribution >= 4 is 23.4 Å². The molecule has 0 spiro atoms. The molecular formula is C23H13F6N3O3. The molecule has 0 aliphatic carbocycles. The van der Waals surface area contributed by atoms with Crippen LogP contribution in [-0.2, 0) is 4.74 Å². The number of carbonyl (C=O) groups excluding carboxylic acids is 1. The van der Waals surface area contributed by atoms with Crippen molar-refractivity contribution in [2.24, 2.45) is 4.99 Å². The number of ether oxygens (including phenoxy) is 2. The molecule has 0 saturated carbocycles. The first-order chi connectivity index (χ1) is 16.6. The number of ketones is 1. The molecule has 0 bridgehead atoms. The molecule has 0 N–H and O–H groups in total. The van der Waals surface area contributed by atoms with Gasteiger partial charge in [-0.15, -0.1) is 17.6 Å². The first-order valence-electron chi connectivity index (χ1n) is 9.78. The van der Waals surface area contributed by atoms with Gasteiger partial charge in [-0.25, -0.2) is 4.98 Å². The third-order valence-corrected chi connectivity index (χ3v) is 4.64. The van der Waals surface area contributed by atoms with Crippen molar-refractivity contribution in [3.63, 3.8) is 0 Å². The molecule has 0 amide bonds. The van der Waals surface area contributed by atoms with Gasteiger partial charge in [0, 0.05) is 22.9 Å². The highest BCUT2D eigenvalue weighted by atomic mass is 19.4. The van der Waals surface area contributed by atoms with Gasteiger partial charge in [0.05, 0.1) is 5.69 Å². The van der Waals surface area contributed by atoms with Crippen molar-refractivity contribution in [1.82, 2.24) is 9.38 Å². The molecule has 12 heteroatoms. The standard InChI is InChI=1S/C23H13F6N3O3/c24-21(25)34-22(26)31-20-18(13-6-9-16(10-7-13)35-23(27,28)29)32-12-15(8-11-17(32)30-20)19(33)14-4-2-1-3-5-14/h1-12,21H/b31-22-. The van der Waals surface area contributed by atoms with E-state index in [-0.39, 0.29) is 28.3 Å². The van der Waals surface area contributed by atoms with Crippen LogP contribution >= 0.6 is 0 Å². The highest BCUT2D eigenvalue weighted by Crippen LogP contribution is 2.34. The Hall–Kier alpha value is -4.35. The minimum absolute atomic E-state index is 0.00860. The van der Waals surface area contributed by atoms with Crippen LogP contribution in [0.5, 0.6) is 5.75 Å². The zero-order valence-electron chi connectivity index (χ0n) is 17.3. The molecule has 0 atom stereocenters. The normalized spacial score (nSPS) is 12.3. The smallest absolute Gasteiger partial charge is 0.406 e. The van der Waals surface area contributed by atoms with E-state index >= 15 is 0 Å². The van der Waals surface area contributed by atoms with Crippen LogP contribution in [0.4, 0.5) is 32.2 Å². The Bertz CT molecular complexity index is 1380. The molecule has 0 aliphatic rings. The molecule has 2 aromatic carbocycles. The molecule has 0 unspecified atom stereocenters. The molecule has 0 saturated heterocycles.